The van der Waals surface area contributed by atoms with E-state index in [0.29, 0.717) is 34.0 Å². The Kier molecular flexibility index (Phi) is 4.08. The first kappa shape index (κ1) is 15.8. The SMILES string of the molecule is COc1ccc(N=C(C)C2=C(O)c3ccccc3C2=O)c(OC)c1. The molecule has 0 atom stereocenters. The predicted octanol–water partition coefficient (Wildman–Crippen LogP) is 3.96. The fourth-order valence-electron chi connectivity index (χ4n) is 2.71. The highest BCUT2D eigenvalue weighted by molar-refractivity contribution is 6.35. The van der Waals surface area contributed by atoms with E-state index in [4.69, 9.17) is 9.47 Å². The van der Waals surface area contributed by atoms with Crippen LogP contribution in [0.1, 0.15) is 22.8 Å². The van der Waals surface area contributed by atoms with Crippen molar-refractivity contribution in [2.24, 2.45) is 4.99 Å². The molecule has 122 valence electrons. The number of allylic oxidation sites excluding steroid dienone is 1. The number of aliphatic hydroxyl groups excluding tert-OH is 1. The molecule has 0 saturated carbocycles. The Bertz CT molecular complexity index is 881. The number of carbonyl (C=O) groups excluding carboxylic acids is 1. The Morgan fingerprint density at radius 1 is 1.04 bits per heavy atom. The Hall–Kier alpha value is -3.08. The average Bonchev–Trinajstić information content (AvgIpc) is 2.86. The van der Waals surface area contributed by atoms with Gasteiger partial charge >= 0.3 is 0 Å². The van der Waals surface area contributed by atoms with E-state index in [0.717, 1.165) is 0 Å². The maximum atomic E-state index is 12.5. The van der Waals surface area contributed by atoms with Gasteiger partial charge in [-0.2, -0.15) is 0 Å². The van der Waals surface area contributed by atoms with E-state index >= 15 is 0 Å². The van der Waals surface area contributed by atoms with E-state index in [1.54, 1.807) is 56.5 Å². The zero-order valence-electron chi connectivity index (χ0n) is 13.7. The number of hydrogen-bond donors (Lipinski definition) is 1. The number of aliphatic hydroxyl groups is 1. The van der Waals surface area contributed by atoms with Crippen LogP contribution in [0.4, 0.5) is 5.69 Å². The summed E-state index contributed by atoms with van der Waals surface area (Å²) in [7, 11) is 3.11. The van der Waals surface area contributed by atoms with E-state index in [1.807, 2.05) is 0 Å². The standard InChI is InChI=1S/C19H17NO4/c1-11(20-15-9-8-12(23-2)10-16(15)24-3)17-18(21)13-6-4-5-7-14(13)19(17)22/h4-10,21H,1-3H3. The molecule has 0 spiro atoms. The maximum absolute atomic E-state index is 12.5. The number of fused-ring (bicyclic) bond motifs is 1. The minimum atomic E-state index is -0.225. The fraction of sp³-hybridized carbons (Fsp3) is 0.158. The first-order valence-electron chi connectivity index (χ1n) is 7.42. The van der Waals surface area contributed by atoms with E-state index in [-0.39, 0.29) is 17.1 Å². The number of methoxy groups -OCH3 is 2. The first-order valence-corrected chi connectivity index (χ1v) is 7.42. The molecule has 24 heavy (non-hydrogen) atoms. The van der Waals surface area contributed by atoms with E-state index in [2.05, 4.69) is 4.99 Å². The molecular formula is C19H17NO4. The third-order valence-corrected chi connectivity index (χ3v) is 3.93. The van der Waals surface area contributed by atoms with Crippen molar-refractivity contribution in [1.82, 2.24) is 0 Å². The Morgan fingerprint density at radius 2 is 1.75 bits per heavy atom. The Morgan fingerprint density at radius 3 is 2.38 bits per heavy atom. The molecule has 0 amide bonds. The molecule has 1 aliphatic rings. The second kappa shape index (κ2) is 6.20. The molecule has 0 saturated heterocycles. The van der Waals surface area contributed by atoms with Crippen LogP contribution in [0.3, 0.4) is 0 Å². The van der Waals surface area contributed by atoms with Crippen LogP contribution in [0.15, 0.2) is 53.0 Å². The van der Waals surface area contributed by atoms with Gasteiger partial charge in [0, 0.05) is 17.2 Å². The van der Waals surface area contributed by atoms with Gasteiger partial charge in [0.2, 0.25) is 0 Å². The molecule has 0 aromatic heterocycles. The van der Waals surface area contributed by atoms with Crippen molar-refractivity contribution in [3.63, 3.8) is 0 Å². The molecule has 2 aromatic rings. The second-order valence-electron chi connectivity index (χ2n) is 5.33. The molecular weight excluding hydrogens is 306 g/mol. The normalized spacial score (nSPS) is 14.0. The van der Waals surface area contributed by atoms with Gasteiger partial charge in [-0.25, -0.2) is 4.99 Å². The number of aliphatic imine (C=N–C) groups is 1. The first-order chi connectivity index (χ1) is 11.6. The molecule has 0 radical (unpaired) electrons. The molecule has 1 aliphatic carbocycles. The number of ether oxygens (including phenoxy) is 2. The van der Waals surface area contributed by atoms with Crippen molar-refractivity contribution >= 4 is 22.9 Å². The molecule has 3 rings (SSSR count). The summed E-state index contributed by atoms with van der Waals surface area (Å²) in [5.74, 6) is 0.910. The minimum Gasteiger partial charge on any atom is -0.506 e. The van der Waals surface area contributed by atoms with Gasteiger partial charge < -0.3 is 14.6 Å². The summed E-state index contributed by atoms with van der Waals surface area (Å²) >= 11 is 0. The third kappa shape index (κ3) is 2.54. The van der Waals surface area contributed by atoms with Gasteiger partial charge in [0.1, 0.15) is 22.9 Å². The summed E-state index contributed by atoms with van der Waals surface area (Å²) in [6.45, 7) is 1.69. The van der Waals surface area contributed by atoms with Crippen LogP contribution in [0, 0.1) is 0 Å². The summed E-state index contributed by atoms with van der Waals surface area (Å²) in [6, 6.07) is 12.2. The lowest BCUT2D eigenvalue weighted by Crippen LogP contribution is -2.07. The fourth-order valence-corrected chi connectivity index (χ4v) is 2.71. The van der Waals surface area contributed by atoms with Crippen LogP contribution in [-0.2, 0) is 0 Å². The van der Waals surface area contributed by atoms with Gasteiger partial charge in [-0.15, -0.1) is 0 Å². The number of benzene rings is 2. The quantitative estimate of drug-likeness (QED) is 0.865. The van der Waals surface area contributed by atoms with Crippen LogP contribution in [0.25, 0.3) is 5.76 Å². The van der Waals surface area contributed by atoms with Crippen LogP contribution >= 0.6 is 0 Å². The monoisotopic (exact) mass is 323 g/mol. The van der Waals surface area contributed by atoms with Crippen molar-refractivity contribution in [2.45, 2.75) is 6.92 Å². The van der Waals surface area contributed by atoms with Crippen molar-refractivity contribution in [3.05, 3.63) is 59.2 Å². The molecule has 5 heteroatoms. The van der Waals surface area contributed by atoms with Gasteiger partial charge in [-0.3, -0.25) is 4.79 Å². The largest absolute Gasteiger partial charge is 0.506 e. The highest BCUT2D eigenvalue weighted by Crippen LogP contribution is 2.35. The lowest BCUT2D eigenvalue weighted by Gasteiger charge is -2.08. The molecule has 0 fully saturated rings. The van der Waals surface area contributed by atoms with E-state index < -0.39 is 0 Å². The lowest BCUT2D eigenvalue weighted by molar-refractivity contribution is 0.104. The van der Waals surface area contributed by atoms with Crippen LogP contribution < -0.4 is 9.47 Å². The van der Waals surface area contributed by atoms with Gasteiger partial charge in [-0.05, 0) is 19.1 Å². The molecule has 0 unspecified atom stereocenters. The average molecular weight is 323 g/mol. The van der Waals surface area contributed by atoms with Crippen molar-refractivity contribution in [3.8, 4) is 11.5 Å². The van der Waals surface area contributed by atoms with Crippen molar-refractivity contribution in [2.75, 3.05) is 14.2 Å². The van der Waals surface area contributed by atoms with Gasteiger partial charge in [0.15, 0.2) is 5.78 Å². The highest BCUT2D eigenvalue weighted by atomic mass is 16.5. The number of ketones is 1. The van der Waals surface area contributed by atoms with Crippen molar-refractivity contribution in [1.29, 1.82) is 0 Å². The zero-order chi connectivity index (χ0) is 17.3. The summed E-state index contributed by atoms with van der Waals surface area (Å²) in [6.07, 6.45) is 0. The highest BCUT2D eigenvalue weighted by Gasteiger charge is 2.31. The van der Waals surface area contributed by atoms with Gasteiger partial charge in [0.05, 0.1) is 25.5 Å². The number of rotatable bonds is 4. The predicted molar refractivity (Wildman–Crippen MR) is 92.6 cm³/mol. The summed E-state index contributed by atoms with van der Waals surface area (Å²) in [5.41, 5.74) is 2.22. The second-order valence-corrected chi connectivity index (χ2v) is 5.33. The smallest absolute Gasteiger partial charge is 0.199 e. The molecule has 5 nitrogen and oxygen atoms in total. The number of Topliss-reactive ketones (excluding diaryl/α,β-unsaturated/α-hetero) is 1. The van der Waals surface area contributed by atoms with E-state index in [1.165, 1.54) is 7.11 Å². The van der Waals surface area contributed by atoms with E-state index in [9.17, 15) is 9.90 Å². The van der Waals surface area contributed by atoms with Crippen LogP contribution in [0.2, 0.25) is 0 Å². The van der Waals surface area contributed by atoms with Crippen molar-refractivity contribution < 1.29 is 19.4 Å². The Labute approximate surface area is 139 Å². The lowest BCUT2D eigenvalue weighted by atomic mass is 10.1. The number of hydrogen-bond acceptors (Lipinski definition) is 5. The van der Waals surface area contributed by atoms with Gasteiger partial charge in [0.25, 0.3) is 0 Å². The summed E-state index contributed by atoms with van der Waals surface area (Å²) < 4.78 is 10.5. The minimum absolute atomic E-state index is 0.0377. The molecule has 0 aliphatic heterocycles. The number of nitrogens with zero attached hydrogens (tertiary/aromatic N) is 1. The molecule has 2 aromatic carbocycles. The molecule has 0 bridgehead atoms. The Balaban J connectivity index is 2.04. The maximum Gasteiger partial charge on any atom is 0.199 e. The molecule has 1 N–H and O–H groups in total. The summed E-state index contributed by atoms with van der Waals surface area (Å²) in [4.78, 5) is 17.0. The third-order valence-electron chi connectivity index (χ3n) is 3.93. The van der Waals surface area contributed by atoms with Crippen LogP contribution in [0.5, 0.6) is 11.5 Å². The van der Waals surface area contributed by atoms with Crippen LogP contribution in [-0.4, -0.2) is 30.8 Å². The number of carbonyl (C=O) groups is 1. The topological polar surface area (TPSA) is 68.1 Å². The molecule has 0 heterocycles. The summed E-state index contributed by atoms with van der Waals surface area (Å²) in [5, 5.41) is 10.4. The zero-order valence-corrected chi connectivity index (χ0v) is 13.7. The van der Waals surface area contributed by atoms with Gasteiger partial charge in [-0.1, -0.05) is 24.3 Å².